The average molecular weight is 260 g/mol. The maximum absolute atomic E-state index is 6.02. The van der Waals surface area contributed by atoms with Gasteiger partial charge in [-0.3, -0.25) is 4.90 Å². The molecule has 1 aromatic carbocycles. The molecule has 1 N–H and O–H groups in total. The van der Waals surface area contributed by atoms with E-state index in [1.165, 1.54) is 10.9 Å². The number of furan rings is 1. The van der Waals surface area contributed by atoms with E-state index >= 15 is 0 Å². The van der Waals surface area contributed by atoms with Gasteiger partial charge in [-0.2, -0.15) is 0 Å². The summed E-state index contributed by atoms with van der Waals surface area (Å²) in [7, 11) is 2.12. The Morgan fingerprint density at radius 1 is 1.21 bits per heavy atom. The minimum Gasteiger partial charge on any atom is -0.459 e. The van der Waals surface area contributed by atoms with Crippen molar-refractivity contribution in [3.05, 3.63) is 35.6 Å². The van der Waals surface area contributed by atoms with E-state index in [0.29, 0.717) is 0 Å². The number of para-hydroxylation sites is 1. The molecule has 2 rings (SSSR count). The fraction of sp³-hybridized carbons (Fsp3) is 0.500. The molecule has 0 amide bonds. The predicted molar refractivity (Wildman–Crippen MR) is 80.2 cm³/mol. The topological polar surface area (TPSA) is 28.4 Å². The highest BCUT2D eigenvalue weighted by molar-refractivity contribution is 5.82. The summed E-state index contributed by atoms with van der Waals surface area (Å²) in [6.07, 6.45) is 1.15. The molecule has 0 radical (unpaired) electrons. The highest BCUT2D eigenvalue weighted by atomic mass is 16.3. The molecule has 0 aliphatic rings. The van der Waals surface area contributed by atoms with Crippen LogP contribution in [0.2, 0.25) is 0 Å². The maximum Gasteiger partial charge on any atom is 0.134 e. The van der Waals surface area contributed by atoms with Crippen molar-refractivity contribution in [2.24, 2.45) is 0 Å². The Hall–Kier alpha value is -1.32. The molecular weight excluding hydrogens is 236 g/mol. The first-order valence-electron chi connectivity index (χ1n) is 7.14. The molecule has 0 aliphatic carbocycles. The third-order valence-electron chi connectivity index (χ3n) is 3.46. The van der Waals surface area contributed by atoms with E-state index in [4.69, 9.17) is 4.42 Å². The molecule has 0 saturated carbocycles. The van der Waals surface area contributed by atoms with Crippen LogP contribution in [0, 0.1) is 0 Å². The first-order valence-corrected chi connectivity index (χ1v) is 7.14. The van der Waals surface area contributed by atoms with Crippen LogP contribution in [0.25, 0.3) is 11.0 Å². The molecule has 0 atom stereocenters. The van der Waals surface area contributed by atoms with Gasteiger partial charge in [0.15, 0.2) is 0 Å². The van der Waals surface area contributed by atoms with Crippen LogP contribution in [0.4, 0.5) is 0 Å². The summed E-state index contributed by atoms with van der Waals surface area (Å²) >= 11 is 0. The summed E-state index contributed by atoms with van der Waals surface area (Å²) in [5.41, 5.74) is 2.31. The van der Waals surface area contributed by atoms with Crippen LogP contribution >= 0.6 is 0 Å². The molecule has 104 valence electrons. The van der Waals surface area contributed by atoms with E-state index < -0.39 is 0 Å². The molecule has 3 heteroatoms. The van der Waals surface area contributed by atoms with Crippen molar-refractivity contribution >= 4 is 11.0 Å². The first kappa shape index (κ1) is 14.1. The molecule has 0 fully saturated rings. The van der Waals surface area contributed by atoms with Gasteiger partial charge in [0, 0.05) is 17.5 Å². The minimum absolute atomic E-state index is 0.869. The third kappa shape index (κ3) is 3.37. The molecule has 1 aromatic heterocycles. The zero-order valence-electron chi connectivity index (χ0n) is 12.2. The zero-order valence-corrected chi connectivity index (χ0v) is 12.2. The Balaban J connectivity index is 2.28. The van der Waals surface area contributed by atoms with E-state index in [1.807, 2.05) is 12.1 Å². The van der Waals surface area contributed by atoms with Gasteiger partial charge in [-0.1, -0.05) is 32.0 Å². The Kier molecular flexibility index (Phi) is 5.00. The van der Waals surface area contributed by atoms with Crippen LogP contribution < -0.4 is 5.32 Å². The Morgan fingerprint density at radius 3 is 2.74 bits per heavy atom. The standard InChI is InChI=1S/C16H24N2O/c1-4-10-17-11-14-13-8-6-7-9-15(13)19-16(14)12-18(3)5-2/h6-9,17H,4-5,10-12H2,1-3H3. The molecule has 0 unspecified atom stereocenters. The highest BCUT2D eigenvalue weighted by Gasteiger charge is 2.14. The van der Waals surface area contributed by atoms with Crippen molar-refractivity contribution in [2.75, 3.05) is 20.1 Å². The third-order valence-corrected chi connectivity index (χ3v) is 3.46. The van der Waals surface area contributed by atoms with Crippen molar-refractivity contribution < 1.29 is 4.42 Å². The largest absolute Gasteiger partial charge is 0.459 e. The van der Waals surface area contributed by atoms with Crippen LogP contribution in [-0.4, -0.2) is 25.0 Å². The number of nitrogens with zero attached hydrogens (tertiary/aromatic N) is 1. The second kappa shape index (κ2) is 6.73. The number of fused-ring (bicyclic) bond motifs is 1. The molecule has 2 aromatic rings. The van der Waals surface area contributed by atoms with Crippen molar-refractivity contribution in [3.8, 4) is 0 Å². The molecule has 0 aliphatic heterocycles. The summed E-state index contributed by atoms with van der Waals surface area (Å²) in [4.78, 5) is 2.26. The monoisotopic (exact) mass is 260 g/mol. The summed E-state index contributed by atoms with van der Waals surface area (Å²) in [5.74, 6) is 1.09. The molecule has 19 heavy (non-hydrogen) atoms. The van der Waals surface area contributed by atoms with Gasteiger partial charge in [-0.15, -0.1) is 0 Å². The molecule has 0 saturated heterocycles. The average Bonchev–Trinajstić information content (AvgIpc) is 2.77. The lowest BCUT2D eigenvalue weighted by atomic mass is 10.1. The molecule has 0 bridgehead atoms. The number of benzene rings is 1. The van der Waals surface area contributed by atoms with Crippen LogP contribution in [0.1, 0.15) is 31.6 Å². The van der Waals surface area contributed by atoms with Crippen LogP contribution in [0.5, 0.6) is 0 Å². The predicted octanol–water partition coefficient (Wildman–Crippen LogP) is 3.38. The summed E-state index contributed by atoms with van der Waals surface area (Å²) < 4.78 is 6.02. The van der Waals surface area contributed by atoms with Crippen molar-refractivity contribution in [2.45, 2.75) is 33.4 Å². The van der Waals surface area contributed by atoms with Crippen molar-refractivity contribution in [1.29, 1.82) is 0 Å². The molecular formula is C16H24N2O. The van der Waals surface area contributed by atoms with Gasteiger partial charge in [0.1, 0.15) is 11.3 Å². The van der Waals surface area contributed by atoms with E-state index in [9.17, 15) is 0 Å². The van der Waals surface area contributed by atoms with E-state index in [0.717, 1.165) is 43.9 Å². The first-order chi connectivity index (χ1) is 9.26. The Labute approximate surface area is 115 Å². The maximum atomic E-state index is 6.02. The number of nitrogens with one attached hydrogen (secondary N) is 1. The Morgan fingerprint density at radius 2 is 2.00 bits per heavy atom. The van der Waals surface area contributed by atoms with E-state index in [2.05, 4.69) is 43.2 Å². The SMILES string of the molecule is CCCNCc1c(CN(C)CC)oc2ccccc12. The van der Waals surface area contributed by atoms with Gasteiger partial charge in [0.2, 0.25) is 0 Å². The van der Waals surface area contributed by atoms with Gasteiger partial charge in [-0.05, 0) is 32.6 Å². The normalized spacial score (nSPS) is 11.6. The number of hydrogen-bond acceptors (Lipinski definition) is 3. The van der Waals surface area contributed by atoms with Gasteiger partial charge in [0.05, 0.1) is 6.54 Å². The van der Waals surface area contributed by atoms with Gasteiger partial charge in [-0.25, -0.2) is 0 Å². The number of rotatable bonds is 7. The lowest BCUT2D eigenvalue weighted by Gasteiger charge is -2.13. The molecule has 3 nitrogen and oxygen atoms in total. The summed E-state index contributed by atoms with van der Waals surface area (Å²) in [5, 5.41) is 4.72. The fourth-order valence-corrected chi connectivity index (χ4v) is 2.22. The van der Waals surface area contributed by atoms with Gasteiger partial charge in [0.25, 0.3) is 0 Å². The summed E-state index contributed by atoms with van der Waals surface area (Å²) in [6, 6.07) is 8.31. The van der Waals surface area contributed by atoms with E-state index in [-0.39, 0.29) is 0 Å². The smallest absolute Gasteiger partial charge is 0.134 e. The summed E-state index contributed by atoms with van der Waals surface area (Å²) in [6.45, 7) is 8.18. The minimum atomic E-state index is 0.869. The Bertz CT molecular complexity index is 518. The zero-order chi connectivity index (χ0) is 13.7. The lowest BCUT2D eigenvalue weighted by Crippen LogP contribution is -2.19. The van der Waals surface area contributed by atoms with E-state index in [1.54, 1.807) is 0 Å². The van der Waals surface area contributed by atoms with Crippen molar-refractivity contribution in [3.63, 3.8) is 0 Å². The second-order valence-electron chi connectivity index (χ2n) is 5.01. The van der Waals surface area contributed by atoms with Crippen LogP contribution in [0.3, 0.4) is 0 Å². The second-order valence-corrected chi connectivity index (χ2v) is 5.01. The van der Waals surface area contributed by atoms with Gasteiger partial charge < -0.3 is 9.73 Å². The highest BCUT2D eigenvalue weighted by Crippen LogP contribution is 2.26. The fourth-order valence-electron chi connectivity index (χ4n) is 2.22. The van der Waals surface area contributed by atoms with Crippen LogP contribution in [-0.2, 0) is 13.1 Å². The molecule has 1 heterocycles. The molecule has 0 spiro atoms. The number of hydrogen-bond donors (Lipinski definition) is 1. The van der Waals surface area contributed by atoms with Gasteiger partial charge >= 0.3 is 0 Å². The van der Waals surface area contributed by atoms with Crippen LogP contribution in [0.15, 0.2) is 28.7 Å². The lowest BCUT2D eigenvalue weighted by molar-refractivity contribution is 0.312. The quantitative estimate of drug-likeness (QED) is 0.774. The van der Waals surface area contributed by atoms with Crippen molar-refractivity contribution in [1.82, 2.24) is 10.2 Å².